The molecule has 5 nitrogen and oxygen atoms in total. The Morgan fingerprint density at radius 1 is 1.35 bits per heavy atom. The van der Waals surface area contributed by atoms with E-state index < -0.39 is 40.7 Å². The van der Waals surface area contributed by atoms with Gasteiger partial charge in [-0.3, -0.25) is 4.79 Å². The summed E-state index contributed by atoms with van der Waals surface area (Å²) < 4.78 is 56.9. The zero-order chi connectivity index (χ0) is 19.0. The highest BCUT2D eigenvalue weighted by molar-refractivity contribution is 7.71. The molecule has 10 heteroatoms. The standard InChI is InChI=1S/C16H12F4N4OS/c17-8-4-9(18)15(20)13(14(8)19)7-3-11-10(5-12(25)22-2-1-21)23-16(26)24(11)6-7/h4,7H,2-3,5-6H2,(H,22,25)(H,23,26)/t7-/m0/s1. The number of fused-ring (bicyclic) bond motifs is 1. The normalized spacial score (nSPS) is 15.6. The van der Waals surface area contributed by atoms with Crippen LogP contribution in [0, 0.1) is 39.4 Å². The number of nitrogens with one attached hydrogen (secondary N) is 2. The summed E-state index contributed by atoms with van der Waals surface area (Å²) in [7, 11) is 0. The molecule has 2 N–H and O–H groups in total. The molecule has 1 aromatic heterocycles. The van der Waals surface area contributed by atoms with E-state index in [-0.39, 0.29) is 36.8 Å². The molecule has 0 radical (unpaired) electrons. The number of nitriles is 1. The molecule has 0 aliphatic carbocycles. The van der Waals surface area contributed by atoms with Crippen LogP contribution in [-0.2, 0) is 24.2 Å². The quantitative estimate of drug-likeness (QED) is 0.368. The molecular weight excluding hydrogens is 372 g/mol. The number of hydrogen-bond acceptors (Lipinski definition) is 3. The van der Waals surface area contributed by atoms with Gasteiger partial charge in [0, 0.05) is 35.5 Å². The molecule has 0 unspecified atom stereocenters. The second kappa shape index (κ2) is 6.92. The summed E-state index contributed by atoms with van der Waals surface area (Å²) in [6, 6.07) is 1.94. The SMILES string of the molecule is N#CCNC(=O)Cc1[nH]c(=S)n2c1C[C@H](c1c(F)c(F)cc(F)c1F)C2. The lowest BCUT2D eigenvalue weighted by molar-refractivity contribution is -0.120. The number of H-pyrrole nitrogens is 1. The number of aromatic amines is 1. The third-order valence-corrected chi connectivity index (χ3v) is 4.60. The van der Waals surface area contributed by atoms with Gasteiger partial charge in [0.15, 0.2) is 28.0 Å². The summed E-state index contributed by atoms with van der Waals surface area (Å²) in [4.78, 5) is 14.6. The average Bonchev–Trinajstić information content (AvgIpc) is 3.13. The first-order valence-corrected chi connectivity index (χ1v) is 8.01. The molecule has 0 saturated carbocycles. The Labute approximate surface area is 150 Å². The van der Waals surface area contributed by atoms with E-state index in [1.807, 2.05) is 0 Å². The smallest absolute Gasteiger partial charge is 0.226 e. The molecule has 1 aliphatic rings. The second-order valence-corrected chi connectivity index (χ2v) is 6.25. The minimum absolute atomic E-state index is 0.0290. The zero-order valence-corrected chi connectivity index (χ0v) is 14.0. The lowest BCUT2D eigenvalue weighted by Gasteiger charge is -2.13. The van der Waals surface area contributed by atoms with E-state index in [0.29, 0.717) is 11.4 Å². The van der Waals surface area contributed by atoms with Crippen LogP contribution in [0.15, 0.2) is 6.07 Å². The number of aromatic nitrogens is 2. The number of hydrogen-bond donors (Lipinski definition) is 2. The zero-order valence-electron chi connectivity index (χ0n) is 13.2. The Morgan fingerprint density at radius 3 is 2.62 bits per heavy atom. The van der Waals surface area contributed by atoms with Crippen LogP contribution in [0.5, 0.6) is 0 Å². The van der Waals surface area contributed by atoms with Crippen molar-refractivity contribution in [2.75, 3.05) is 6.54 Å². The van der Waals surface area contributed by atoms with Gasteiger partial charge in [0.25, 0.3) is 0 Å². The first-order valence-electron chi connectivity index (χ1n) is 7.60. The fraction of sp³-hybridized carbons (Fsp3) is 0.312. The first kappa shape index (κ1) is 18.1. The minimum Gasteiger partial charge on any atom is -0.343 e. The van der Waals surface area contributed by atoms with Crippen LogP contribution in [0.3, 0.4) is 0 Å². The van der Waals surface area contributed by atoms with Crippen LogP contribution in [-0.4, -0.2) is 22.0 Å². The number of carbonyl (C=O) groups excluding carboxylic acids is 1. The molecule has 0 spiro atoms. The van der Waals surface area contributed by atoms with E-state index in [2.05, 4.69) is 10.3 Å². The number of nitrogens with zero attached hydrogens (tertiary/aromatic N) is 2. The lowest BCUT2D eigenvalue weighted by atomic mass is 9.94. The van der Waals surface area contributed by atoms with E-state index in [0.717, 1.165) is 0 Å². The topological polar surface area (TPSA) is 73.6 Å². The van der Waals surface area contributed by atoms with E-state index >= 15 is 0 Å². The number of halogens is 4. The number of imidazole rings is 1. The van der Waals surface area contributed by atoms with E-state index in [1.54, 1.807) is 10.6 Å². The molecule has 1 aliphatic heterocycles. The van der Waals surface area contributed by atoms with E-state index in [9.17, 15) is 22.4 Å². The predicted octanol–water partition coefficient (Wildman–Crippen LogP) is 2.62. The molecule has 1 amide bonds. The van der Waals surface area contributed by atoms with Crippen molar-refractivity contribution in [1.29, 1.82) is 5.26 Å². The molecule has 3 rings (SSSR count). The van der Waals surface area contributed by atoms with Crippen molar-refractivity contribution in [3.8, 4) is 6.07 Å². The largest absolute Gasteiger partial charge is 0.343 e. The van der Waals surface area contributed by atoms with Gasteiger partial charge in [-0.05, 0) is 18.6 Å². The number of amides is 1. The summed E-state index contributed by atoms with van der Waals surface area (Å²) in [5, 5.41) is 10.8. The number of benzene rings is 1. The molecule has 136 valence electrons. The number of carbonyl (C=O) groups is 1. The van der Waals surface area contributed by atoms with Crippen molar-refractivity contribution < 1.29 is 22.4 Å². The minimum atomic E-state index is -1.46. The first-order chi connectivity index (χ1) is 12.3. The van der Waals surface area contributed by atoms with Crippen LogP contribution in [0.25, 0.3) is 0 Å². The maximum absolute atomic E-state index is 14.1. The van der Waals surface area contributed by atoms with Crippen LogP contribution >= 0.6 is 12.2 Å². The Kier molecular flexibility index (Phi) is 4.82. The maximum atomic E-state index is 14.1. The molecule has 2 aromatic rings. The summed E-state index contributed by atoms with van der Waals surface area (Å²) in [5.41, 5.74) is 0.307. The highest BCUT2D eigenvalue weighted by atomic mass is 32.1. The average molecular weight is 384 g/mol. The van der Waals surface area contributed by atoms with E-state index in [4.69, 9.17) is 17.5 Å². The fourth-order valence-corrected chi connectivity index (χ4v) is 3.46. The fourth-order valence-electron chi connectivity index (χ4n) is 3.15. The summed E-state index contributed by atoms with van der Waals surface area (Å²) >= 11 is 5.15. The van der Waals surface area contributed by atoms with Gasteiger partial charge < -0.3 is 14.9 Å². The van der Waals surface area contributed by atoms with Crippen molar-refractivity contribution in [3.63, 3.8) is 0 Å². The van der Waals surface area contributed by atoms with Gasteiger partial charge in [0.05, 0.1) is 12.5 Å². The Balaban J connectivity index is 1.91. The molecule has 1 atom stereocenters. The van der Waals surface area contributed by atoms with Crippen LogP contribution in [0.2, 0.25) is 0 Å². The molecule has 0 fully saturated rings. The van der Waals surface area contributed by atoms with Gasteiger partial charge in [0.2, 0.25) is 5.91 Å². The molecule has 1 aromatic carbocycles. The Bertz CT molecular complexity index is 965. The van der Waals surface area contributed by atoms with Crippen molar-refractivity contribution in [2.24, 2.45) is 0 Å². The van der Waals surface area contributed by atoms with Gasteiger partial charge in [-0.15, -0.1) is 0 Å². The monoisotopic (exact) mass is 384 g/mol. The molecule has 2 heterocycles. The summed E-state index contributed by atoms with van der Waals surface area (Å²) in [5.74, 6) is -7.06. The van der Waals surface area contributed by atoms with Crippen molar-refractivity contribution in [3.05, 3.63) is 51.1 Å². The lowest BCUT2D eigenvalue weighted by Crippen LogP contribution is -2.25. The highest BCUT2D eigenvalue weighted by Crippen LogP contribution is 2.36. The molecular formula is C16H12F4N4OS. The van der Waals surface area contributed by atoms with Gasteiger partial charge >= 0.3 is 0 Å². The molecule has 0 saturated heterocycles. The second-order valence-electron chi connectivity index (χ2n) is 5.86. The summed E-state index contributed by atoms with van der Waals surface area (Å²) in [6.07, 6.45) is -0.0480. The molecule has 0 bridgehead atoms. The van der Waals surface area contributed by atoms with E-state index in [1.165, 1.54) is 0 Å². The third kappa shape index (κ3) is 3.10. The maximum Gasteiger partial charge on any atom is 0.226 e. The molecule has 26 heavy (non-hydrogen) atoms. The summed E-state index contributed by atoms with van der Waals surface area (Å²) in [6.45, 7) is -0.127. The van der Waals surface area contributed by atoms with Gasteiger partial charge in [0.1, 0.15) is 6.54 Å². The van der Waals surface area contributed by atoms with Gasteiger partial charge in [-0.1, -0.05) is 0 Å². The highest BCUT2D eigenvalue weighted by Gasteiger charge is 2.33. The van der Waals surface area contributed by atoms with Gasteiger partial charge in [-0.2, -0.15) is 5.26 Å². The number of rotatable bonds is 4. The Hall–Kier alpha value is -2.67. The van der Waals surface area contributed by atoms with Crippen LogP contribution in [0.1, 0.15) is 22.9 Å². The van der Waals surface area contributed by atoms with Crippen molar-refractivity contribution in [2.45, 2.75) is 25.3 Å². The Morgan fingerprint density at radius 2 is 2.00 bits per heavy atom. The predicted molar refractivity (Wildman–Crippen MR) is 84.7 cm³/mol. The van der Waals surface area contributed by atoms with Crippen molar-refractivity contribution in [1.82, 2.24) is 14.9 Å². The van der Waals surface area contributed by atoms with Crippen LogP contribution < -0.4 is 5.32 Å². The van der Waals surface area contributed by atoms with Gasteiger partial charge in [-0.25, -0.2) is 17.6 Å². The third-order valence-electron chi connectivity index (χ3n) is 4.28. The van der Waals surface area contributed by atoms with Crippen molar-refractivity contribution >= 4 is 18.1 Å². The van der Waals surface area contributed by atoms with Crippen LogP contribution in [0.4, 0.5) is 17.6 Å².